The quantitative estimate of drug-likeness (QED) is 0.615. The van der Waals surface area contributed by atoms with Crippen molar-refractivity contribution < 1.29 is 0 Å². The molecule has 0 spiro atoms. The van der Waals surface area contributed by atoms with E-state index >= 15 is 0 Å². The molecule has 2 nitrogen and oxygen atoms in total. The van der Waals surface area contributed by atoms with Gasteiger partial charge in [-0.25, -0.2) is 0 Å². The van der Waals surface area contributed by atoms with Gasteiger partial charge in [0.05, 0.1) is 11.2 Å². The summed E-state index contributed by atoms with van der Waals surface area (Å²) in [6, 6.07) is 5.96. The molecule has 3 N–H and O–H groups in total. The summed E-state index contributed by atoms with van der Waals surface area (Å²) in [6.07, 6.45) is 3.68. The highest BCUT2D eigenvalue weighted by Gasteiger charge is 1.99. The average Bonchev–Trinajstić information content (AvgIpc) is 2.52. The summed E-state index contributed by atoms with van der Waals surface area (Å²) < 4.78 is 0. The maximum atomic E-state index is 5.80. The standard InChI is InChI=1S/C10H10N2/c1-2-7-5-8-3-4-12-10(8)9(11)6-7/h2-6,12H,1,11H2. The van der Waals surface area contributed by atoms with Gasteiger partial charge in [0.1, 0.15) is 0 Å². The van der Waals surface area contributed by atoms with Gasteiger partial charge in [-0.2, -0.15) is 0 Å². The highest BCUT2D eigenvalue weighted by molar-refractivity contribution is 5.91. The fourth-order valence-corrected chi connectivity index (χ4v) is 1.34. The first-order chi connectivity index (χ1) is 5.81. The van der Waals surface area contributed by atoms with E-state index in [1.807, 2.05) is 18.3 Å². The minimum absolute atomic E-state index is 0.771. The van der Waals surface area contributed by atoms with Crippen molar-refractivity contribution in [1.82, 2.24) is 4.98 Å². The fourth-order valence-electron chi connectivity index (χ4n) is 1.34. The van der Waals surface area contributed by atoms with Crippen molar-refractivity contribution in [2.75, 3.05) is 5.73 Å². The van der Waals surface area contributed by atoms with E-state index in [2.05, 4.69) is 17.6 Å². The Bertz CT molecular complexity index is 426. The van der Waals surface area contributed by atoms with Crippen molar-refractivity contribution in [2.45, 2.75) is 0 Å². The van der Waals surface area contributed by atoms with E-state index in [1.165, 1.54) is 0 Å². The van der Waals surface area contributed by atoms with E-state index < -0.39 is 0 Å². The van der Waals surface area contributed by atoms with Crippen molar-refractivity contribution >= 4 is 22.7 Å². The Hall–Kier alpha value is -1.70. The summed E-state index contributed by atoms with van der Waals surface area (Å²) in [4.78, 5) is 3.08. The lowest BCUT2D eigenvalue weighted by atomic mass is 10.1. The zero-order valence-corrected chi connectivity index (χ0v) is 6.67. The molecule has 0 aliphatic heterocycles. The Kier molecular flexibility index (Phi) is 1.40. The molecule has 0 aliphatic carbocycles. The van der Waals surface area contributed by atoms with Gasteiger partial charge in [0.2, 0.25) is 0 Å². The zero-order chi connectivity index (χ0) is 8.55. The molecule has 0 saturated heterocycles. The Morgan fingerprint density at radius 1 is 1.42 bits per heavy atom. The third kappa shape index (κ3) is 0.889. The summed E-state index contributed by atoms with van der Waals surface area (Å²) in [5, 5.41) is 1.13. The maximum Gasteiger partial charge on any atom is 0.0687 e. The number of nitrogens with one attached hydrogen (secondary N) is 1. The molecule has 2 rings (SSSR count). The van der Waals surface area contributed by atoms with E-state index in [0.717, 1.165) is 22.2 Å². The van der Waals surface area contributed by atoms with Gasteiger partial charge in [-0.15, -0.1) is 0 Å². The molecule has 0 unspecified atom stereocenters. The molecule has 60 valence electrons. The van der Waals surface area contributed by atoms with Crippen molar-refractivity contribution in [2.24, 2.45) is 0 Å². The van der Waals surface area contributed by atoms with Crippen LogP contribution in [0.4, 0.5) is 5.69 Å². The van der Waals surface area contributed by atoms with Gasteiger partial charge >= 0.3 is 0 Å². The number of hydrogen-bond donors (Lipinski definition) is 2. The molecule has 0 radical (unpaired) electrons. The summed E-state index contributed by atoms with van der Waals surface area (Å²) in [5.74, 6) is 0. The molecule has 1 heterocycles. The SMILES string of the molecule is C=Cc1cc(N)c2[nH]ccc2c1. The van der Waals surface area contributed by atoms with Crippen molar-refractivity contribution in [3.05, 3.63) is 36.5 Å². The number of anilines is 1. The Morgan fingerprint density at radius 2 is 2.25 bits per heavy atom. The molecule has 2 aromatic rings. The van der Waals surface area contributed by atoms with Crippen LogP contribution in [-0.2, 0) is 0 Å². The highest BCUT2D eigenvalue weighted by atomic mass is 14.7. The lowest BCUT2D eigenvalue weighted by Crippen LogP contribution is -1.87. The van der Waals surface area contributed by atoms with Crippen molar-refractivity contribution in [3.63, 3.8) is 0 Å². The van der Waals surface area contributed by atoms with E-state index in [-0.39, 0.29) is 0 Å². The van der Waals surface area contributed by atoms with Crippen LogP contribution in [0.5, 0.6) is 0 Å². The highest BCUT2D eigenvalue weighted by Crippen LogP contribution is 2.21. The molecule has 2 heteroatoms. The Morgan fingerprint density at radius 3 is 3.00 bits per heavy atom. The Balaban J connectivity index is 2.83. The largest absolute Gasteiger partial charge is 0.397 e. The Labute approximate surface area is 70.7 Å². The molecule has 0 aliphatic rings. The smallest absolute Gasteiger partial charge is 0.0687 e. The second-order valence-electron chi connectivity index (χ2n) is 2.76. The number of aromatic nitrogens is 1. The van der Waals surface area contributed by atoms with Crippen molar-refractivity contribution in [3.8, 4) is 0 Å². The van der Waals surface area contributed by atoms with Gasteiger partial charge in [-0.05, 0) is 23.8 Å². The minimum atomic E-state index is 0.771. The van der Waals surface area contributed by atoms with Crippen LogP contribution in [0.1, 0.15) is 5.56 Å². The monoisotopic (exact) mass is 158 g/mol. The van der Waals surface area contributed by atoms with Gasteiger partial charge in [0.15, 0.2) is 0 Å². The molecule has 0 atom stereocenters. The minimum Gasteiger partial charge on any atom is -0.397 e. The van der Waals surface area contributed by atoms with Crippen molar-refractivity contribution in [1.29, 1.82) is 0 Å². The van der Waals surface area contributed by atoms with Crippen LogP contribution in [0.2, 0.25) is 0 Å². The van der Waals surface area contributed by atoms with Crippen LogP contribution < -0.4 is 5.73 Å². The maximum absolute atomic E-state index is 5.80. The first kappa shape index (κ1) is 6.98. The second kappa shape index (κ2) is 2.41. The number of nitrogens with two attached hydrogens (primary N) is 1. The van der Waals surface area contributed by atoms with Gasteiger partial charge in [0, 0.05) is 11.6 Å². The third-order valence-corrected chi connectivity index (χ3v) is 1.95. The third-order valence-electron chi connectivity index (χ3n) is 1.95. The topological polar surface area (TPSA) is 41.8 Å². The number of nitrogen functional groups attached to an aromatic ring is 1. The number of fused-ring (bicyclic) bond motifs is 1. The first-order valence-electron chi connectivity index (χ1n) is 3.80. The predicted octanol–water partition coefficient (Wildman–Crippen LogP) is 2.39. The number of rotatable bonds is 1. The lowest BCUT2D eigenvalue weighted by molar-refractivity contribution is 1.48. The summed E-state index contributed by atoms with van der Waals surface area (Å²) in [7, 11) is 0. The normalized spacial score (nSPS) is 10.3. The van der Waals surface area contributed by atoms with Gasteiger partial charge in [-0.3, -0.25) is 0 Å². The average molecular weight is 158 g/mol. The molecule has 1 aromatic heterocycles. The number of hydrogen-bond acceptors (Lipinski definition) is 1. The molecular weight excluding hydrogens is 148 g/mol. The van der Waals surface area contributed by atoms with E-state index in [0.29, 0.717) is 0 Å². The van der Waals surface area contributed by atoms with Gasteiger partial charge < -0.3 is 10.7 Å². The van der Waals surface area contributed by atoms with Crippen LogP contribution in [0.3, 0.4) is 0 Å². The number of benzene rings is 1. The number of H-pyrrole nitrogens is 1. The van der Waals surface area contributed by atoms with E-state index in [1.54, 1.807) is 6.08 Å². The van der Waals surface area contributed by atoms with Gasteiger partial charge in [-0.1, -0.05) is 12.7 Å². The van der Waals surface area contributed by atoms with E-state index in [4.69, 9.17) is 5.73 Å². The van der Waals surface area contributed by atoms with E-state index in [9.17, 15) is 0 Å². The lowest BCUT2D eigenvalue weighted by Gasteiger charge is -1.98. The van der Waals surface area contributed by atoms with Crippen LogP contribution in [0.15, 0.2) is 31.0 Å². The van der Waals surface area contributed by atoms with Crippen LogP contribution >= 0.6 is 0 Å². The first-order valence-corrected chi connectivity index (χ1v) is 3.80. The number of aromatic amines is 1. The summed E-state index contributed by atoms with van der Waals surface area (Å²) in [6.45, 7) is 3.70. The molecule has 1 aromatic carbocycles. The zero-order valence-electron chi connectivity index (χ0n) is 6.67. The van der Waals surface area contributed by atoms with Crippen LogP contribution in [0, 0.1) is 0 Å². The molecule has 0 saturated carbocycles. The second-order valence-corrected chi connectivity index (χ2v) is 2.76. The molecule has 0 fully saturated rings. The van der Waals surface area contributed by atoms with Crippen LogP contribution in [0.25, 0.3) is 17.0 Å². The van der Waals surface area contributed by atoms with Gasteiger partial charge in [0.25, 0.3) is 0 Å². The molecular formula is C10H10N2. The predicted molar refractivity (Wildman–Crippen MR) is 52.8 cm³/mol. The fraction of sp³-hybridized carbons (Fsp3) is 0. The molecule has 12 heavy (non-hydrogen) atoms. The van der Waals surface area contributed by atoms with Crippen LogP contribution in [-0.4, -0.2) is 4.98 Å². The summed E-state index contributed by atoms with van der Waals surface area (Å²) in [5.41, 5.74) is 8.62. The molecule has 0 bridgehead atoms. The molecule has 0 amide bonds. The summed E-state index contributed by atoms with van der Waals surface area (Å²) >= 11 is 0.